The van der Waals surface area contributed by atoms with E-state index in [0.29, 0.717) is 6.42 Å². The Bertz CT molecular complexity index is 689. The monoisotopic (exact) mass is 401 g/mol. The Labute approximate surface area is 172 Å². The van der Waals surface area contributed by atoms with Crippen LogP contribution in [0, 0.1) is 0 Å². The standard InChI is InChI=1S/C22H31N3O4/c26-16-20-19(24-21(27)11-14-25-12-5-2-6-13-25)10-9-18(29-20)15-22(28)23-17-7-3-1-4-8-17/h1,3-4,7-10,18-20,26H,2,5-6,11-16H2,(H,23,28)(H,24,27)/t18-,19+,20-/m0/s1. The number of nitrogens with zero attached hydrogens (tertiary/aromatic N) is 1. The molecule has 0 aromatic heterocycles. The van der Waals surface area contributed by atoms with Gasteiger partial charge in [-0.2, -0.15) is 0 Å². The molecular weight excluding hydrogens is 370 g/mol. The zero-order chi connectivity index (χ0) is 20.5. The molecule has 3 N–H and O–H groups in total. The fourth-order valence-corrected chi connectivity index (χ4v) is 3.75. The van der Waals surface area contributed by atoms with Crippen LogP contribution in [-0.4, -0.2) is 66.3 Å². The van der Waals surface area contributed by atoms with Gasteiger partial charge >= 0.3 is 0 Å². The van der Waals surface area contributed by atoms with Crippen LogP contribution in [-0.2, 0) is 14.3 Å². The van der Waals surface area contributed by atoms with Crippen molar-refractivity contribution in [3.8, 4) is 0 Å². The maximum Gasteiger partial charge on any atom is 0.227 e. The van der Waals surface area contributed by atoms with E-state index >= 15 is 0 Å². The molecule has 2 aliphatic heterocycles. The zero-order valence-electron chi connectivity index (χ0n) is 16.8. The van der Waals surface area contributed by atoms with Crippen molar-refractivity contribution in [1.82, 2.24) is 10.2 Å². The Balaban J connectivity index is 1.45. The van der Waals surface area contributed by atoms with Crippen LogP contribution in [0.25, 0.3) is 0 Å². The van der Waals surface area contributed by atoms with Gasteiger partial charge in [0.15, 0.2) is 0 Å². The molecule has 7 heteroatoms. The van der Waals surface area contributed by atoms with Crippen molar-refractivity contribution < 1.29 is 19.4 Å². The number of aliphatic hydroxyl groups is 1. The summed E-state index contributed by atoms with van der Waals surface area (Å²) < 4.78 is 5.83. The smallest absolute Gasteiger partial charge is 0.227 e. The highest BCUT2D eigenvalue weighted by Crippen LogP contribution is 2.17. The average molecular weight is 402 g/mol. The zero-order valence-corrected chi connectivity index (χ0v) is 16.8. The molecule has 0 unspecified atom stereocenters. The van der Waals surface area contributed by atoms with Gasteiger partial charge in [-0.15, -0.1) is 0 Å². The number of anilines is 1. The third-order valence-corrected chi connectivity index (χ3v) is 5.34. The van der Waals surface area contributed by atoms with Crippen LogP contribution in [0.5, 0.6) is 0 Å². The molecule has 0 spiro atoms. The third kappa shape index (κ3) is 6.96. The molecule has 1 saturated heterocycles. The maximum absolute atomic E-state index is 12.3. The Hall–Kier alpha value is -2.22. The number of hydrogen-bond donors (Lipinski definition) is 3. The lowest BCUT2D eigenvalue weighted by Gasteiger charge is -2.32. The van der Waals surface area contributed by atoms with Crippen molar-refractivity contribution in [3.63, 3.8) is 0 Å². The van der Waals surface area contributed by atoms with Gasteiger partial charge < -0.3 is 25.4 Å². The van der Waals surface area contributed by atoms with Gasteiger partial charge in [0.05, 0.1) is 25.2 Å². The van der Waals surface area contributed by atoms with Crippen LogP contribution >= 0.6 is 0 Å². The third-order valence-electron chi connectivity index (χ3n) is 5.34. The number of amides is 2. The molecule has 1 aromatic rings. The van der Waals surface area contributed by atoms with Crippen LogP contribution in [0.15, 0.2) is 42.5 Å². The Kier molecular flexibility index (Phi) is 8.22. The number of nitrogens with one attached hydrogen (secondary N) is 2. The Morgan fingerprint density at radius 3 is 2.55 bits per heavy atom. The lowest BCUT2D eigenvalue weighted by Crippen LogP contribution is -2.49. The van der Waals surface area contributed by atoms with E-state index in [1.165, 1.54) is 19.3 Å². The average Bonchev–Trinajstić information content (AvgIpc) is 2.74. The summed E-state index contributed by atoms with van der Waals surface area (Å²) in [7, 11) is 0. The predicted octanol–water partition coefficient (Wildman–Crippen LogP) is 1.69. The summed E-state index contributed by atoms with van der Waals surface area (Å²) in [6.45, 7) is 2.66. The molecular formula is C22H31N3O4. The Morgan fingerprint density at radius 1 is 1.07 bits per heavy atom. The first-order valence-electron chi connectivity index (χ1n) is 10.5. The molecule has 0 saturated carbocycles. The van der Waals surface area contributed by atoms with Gasteiger partial charge in [-0.1, -0.05) is 36.8 Å². The molecule has 2 amide bonds. The highest BCUT2D eigenvalue weighted by molar-refractivity contribution is 5.91. The summed E-state index contributed by atoms with van der Waals surface area (Å²) in [4.78, 5) is 26.8. The molecule has 3 rings (SSSR count). The normalized spacial score (nSPS) is 24.8. The molecule has 1 fully saturated rings. The molecule has 0 radical (unpaired) electrons. The van der Waals surface area contributed by atoms with Crippen LogP contribution in [0.2, 0.25) is 0 Å². The van der Waals surface area contributed by atoms with Crippen molar-refractivity contribution in [3.05, 3.63) is 42.5 Å². The first-order chi connectivity index (χ1) is 14.1. The molecule has 3 atom stereocenters. The van der Waals surface area contributed by atoms with Crippen molar-refractivity contribution in [1.29, 1.82) is 0 Å². The second kappa shape index (κ2) is 11.1. The highest BCUT2D eigenvalue weighted by atomic mass is 16.5. The lowest BCUT2D eigenvalue weighted by atomic mass is 10.0. The van der Waals surface area contributed by atoms with Crippen LogP contribution in [0.3, 0.4) is 0 Å². The number of carbonyl (C=O) groups is 2. The molecule has 158 valence electrons. The van der Waals surface area contributed by atoms with E-state index in [2.05, 4.69) is 15.5 Å². The molecule has 2 heterocycles. The number of ether oxygens (including phenoxy) is 1. The van der Waals surface area contributed by atoms with Crippen molar-refractivity contribution in [2.75, 3.05) is 31.6 Å². The van der Waals surface area contributed by atoms with E-state index < -0.39 is 12.2 Å². The first-order valence-corrected chi connectivity index (χ1v) is 10.5. The summed E-state index contributed by atoms with van der Waals surface area (Å²) in [6.07, 6.45) is 6.87. The number of hydrogen-bond acceptors (Lipinski definition) is 5. The van der Waals surface area contributed by atoms with E-state index in [4.69, 9.17) is 4.74 Å². The number of rotatable bonds is 8. The molecule has 29 heavy (non-hydrogen) atoms. The Morgan fingerprint density at radius 2 is 1.83 bits per heavy atom. The van der Waals surface area contributed by atoms with Crippen molar-refractivity contribution in [2.45, 2.75) is 50.4 Å². The minimum Gasteiger partial charge on any atom is -0.394 e. The molecule has 7 nitrogen and oxygen atoms in total. The number of benzene rings is 1. The molecule has 2 aliphatic rings. The van der Waals surface area contributed by atoms with E-state index in [-0.39, 0.29) is 30.9 Å². The number of aliphatic hydroxyl groups excluding tert-OH is 1. The topological polar surface area (TPSA) is 90.9 Å². The lowest BCUT2D eigenvalue weighted by molar-refractivity contribution is -0.126. The fraction of sp³-hybridized carbons (Fsp3) is 0.545. The number of piperidine rings is 1. The van der Waals surface area contributed by atoms with Crippen LogP contribution < -0.4 is 10.6 Å². The van der Waals surface area contributed by atoms with E-state index in [9.17, 15) is 14.7 Å². The van der Waals surface area contributed by atoms with Gasteiger partial charge in [-0.25, -0.2) is 0 Å². The summed E-state index contributed by atoms with van der Waals surface area (Å²) in [5, 5.41) is 15.4. The quantitative estimate of drug-likeness (QED) is 0.577. The van der Waals surface area contributed by atoms with E-state index in [1.807, 2.05) is 36.4 Å². The SMILES string of the molecule is O=C(C[C@@H]1C=C[C@@H](NC(=O)CCN2CCCCC2)[C@H](CO)O1)Nc1ccccc1. The predicted molar refractivity (Wildman–Crippen MR) is 111 cm³/mol. The van der Waals surface area contributed by atoms with Gasteiger partial charge in [-0.05, 0) is 38.1 Å². The van der Waals surface area contributed by atoms with Gasteiger partial charge in [0.25, 0.3) is 0 Å². The maximum atomic E-state index is 12.3. The highest BCUT2D eigenvalue weighted by Gasteiger charge is 2.29. The fourth-order valence-electron chi connectivity index (χ4n) is 3.75. The largest absolute Gasteiger partial charge is 0.394 e. The van der Waals surface area contributed by atoms with Crippen molar-refractivity contribution in [2.24, 2.45) is 0 Å². The minimum absolute atomic E-state index is 0.0486. The molecule has 1 aromatic carbocycles. The summed E-state index contributed by atoms with van der Waals surface area (Å²) in [5.74, 6) is -0.209. The summed E-state index contributed by atoms with van der Waals surface area (Å²) in [5.41, 5.74) is 0.731. The van der Waals surface area contributed by atoms with Gasteiger partial charge in [0.2, 0.25) is 11.8 Å². The van der Waals surface area contributed by atoms with Crippen LogP contribution in [0.4, 0.5) is 5.69 Å². The second-order valence-electron chi connectivity index (χ2n) is 7.64. The number of carbonyl (C=O) groups excluding carboxylic acids is 2. The van der Waals surface area contributed by atoms with Gasteiger partial charge in [0.1, 0.15) is 6.10 Å². The first kappa shape index (κ1) is 21.5. The number of likely N-dealkylation sites (tertiary alicyclic amines) is 1. The molecule has 0 bridgehead atoms. The second-order valence-corrected chi connectivity index (χ2v) is 7.64. The minimum atomic E-state index is -0.562. The summed E-state index contributed by atoms with van der Waals surface area (Å²) >= 11 is 0. The van der Waals surface area contributed by atoms with Crippen LogP contribution in [0.1, 0.15) is 32.1 Å². The number of para-hydroxylation sites is 1. The molecule has 0 aliphatic carbocycles. The van der Waals surface area contributed by atoms with Gasteiger partial charge in [-0.3, -0.25) is 9.59 Å². The van der Waals surface area contributed by atoms with Crippen molar-refractivity contribution >= 4 is 17.5 Å². The van der Waals surface area contributed by atoms with E-state index in [0.717, 1.165) is 25.3 Å². The summed E-state index contributed by atoms with van der Waals surface area (Å²) in [6, 6.07) is 8.85. The van der Waals surface area contributed by atoms with Gasteiger partial charge in [0, 0.05) is 18.7 Å². The van der Waals surface area contributed by atoms with E-state index in [1.54, 1.807) is 6.08 Å².